The van der Waals surface area contributed by atoms with Crippen molar-refractivity contribution < 1.29 is 24.1 Å². The number of carboxylic acids is 1. The molecule has 2 aromatic carbocycles. The van der Waals surface area contributed by atoms with Crippen LogP contribution in [0.1, 0.15) is 30.1 Å². The number of aliphatic hydroxyl groups is 1. The highest BCUT2D eigenvalue weighted by Crippen LogP contribution is 2.12. The number of carbonyl (C=O) groups is 1. The van der Waals surface area contributed by atoms with Crippen LogP contribution in [0.15, 0.2) is 54.6 Å². The third kappa shape index (κ3) is 6.92. The SMILES string of the molecule is Fc1ccc(COC2CCNCC2)cc1.O=C(O)C(O)c1ccccc1. The topological polar surface area (TPSA) is 78.8 Å². The average molecular weight is 361 g/mol. The second-order valence-corrected chi connectivity index (χ2v) is 6.04. The van der Waals surface area contributed by atoms with Crippen LogP contribution in [0.5, 0.6) is 0 Å². The molecule has 0 aromatic heterocycles. The molecule has 1 aliphatic heterocycles. The Bertz CT molecular complexity index is 657. The lowest BCUT2D eigenvalue weighted by atomic mass is 10.1. The molecule has 0 aliphatic carbocycles. The van der Waals surface area contributed by atoms with E-state index in [1.54, 1.807) is 42.5 Å². The first-order chi connectivity index (χ1) is 12.6. The molecule has 0 saturated carbocycles. The number of hydrogen-bond donors (Lipinski definition) is 3. The zero-order valence-electron chi connectivity index (χ0n) is 14.5. The minimum atomic E-state index is -1.41. The monoisotopic (exact) mass is 361 g/mol. The van der Waals surface area contributed by atoms with Crippen molar-refractivity contribution in [2.45, 2.75) is 31.7 Å². The summed E-state index contributed by atoms with van der Waals surface area (Å²) in [5, 5.41) is 20.7. The second-order valence-electron chi connectivity index (χ2n) is 6.04. The van der Waals surface area contributed by atoms with Gasteiger partial charge in [0.15, 0.2) is 6.10 Å². The average Bonchev–Trinajstić information content (AvgIpc) is 2.69. The maximum atomic E-state index is 12.6. The first-order valence-corrected chi connectivity index (χ1v) is 8.59. The molecule has 3 N–H and O–H groups in total. The minimum absolute atomic E-state index is 0.194. The summed E-state index contributed by atoms with van der Waals surface area (Å²) in [6, 6.07) is 14.8. The van der Waals surface area contributed by atoms with Gasteiger partial charge in [0, 0.05) is 0 Å². The van der Waals surface area contributed by atoms with E-state index in [1.165, 1.54) is 12.1 Å². The number of piperidine rings is 1. The van der Waals surface area contributed by atoms with Crippen LogP contribution in [0.25, 0.3) is 0 Å². The lowest BCUT2D eigenvalue weighted by Crippen LogP contribution is -2.32. The van der Waals surface area contributed by atoms with Gasteiger partial charge in [-0.2, -0.15) is 0 Å². The van der Waals surface area contributed by atoms with Gasteiger partial charge in [0.25, 0.3) is 0 Å². The Hall–Kier alpha value is -2.28. The molecule has 140 valence electrons. The molecule has 5 nitrogen and oxygen atoms in total. The van der Waals surface area contributed by atoms with Crippen molar-refractivity contribution in [1.29, 1.82) is 0 Å². The van der Waals surface area contributed by atoms with Gasteiger partial charge < -0.3 is 20.3 Å². The fourth-order valence-electron chi connectivity index (χ4n) is 2.53. The molecule has 1 heterocycles. The fraction of sp³-hybridized carbons (Fsp3) is 0.350. The van der Waals surface area contributed by atoms with E-state index in [1.807, 2.05) is 0 Å². The van der Waals surface area contributed by atoms with E-state index in [2.05, 4.69) is 5.32 Å². The molecule has 2 aromatic rings. The van der Waals surface area contributed by atoms with Gasteiger partial charge in [-0.25, -0.2) is 9.18 Å². The Balaban J connectivity index is 0.000000197. The zero-order chi connectivity index (χ0) is 18.8. The predicted octanol–water partition coefficient (Wildman–Crippen LogP) is 2.90. The number of hydrogen-bond acceptors (Lipinski definition) is 4. The smallest absolute Gasteiger partial charge is 0.337 e. The van der Waals surface area contributed by atoms with Crippen LogP contribution in [0, 0.1) is 5.82 Å². The molecular weight excluding hydrogens is 337 g/mol. The van der Waals surface area contributed by atoms with Crippen LogP contribution in [0.3, 0.4) is 0 Å². The summed E-state index contributed by atoms with van der Waals surface area (Å²) in [5.41, 5.74) is 1.44. The van der Waals surface area contributed by atoms with Crippen LogP contribution < -0.4 is 5.32 Å². The van der Waals surface area contributed by atoms with Gasteiger partial charge in [-0.1, -0.05) is 42.5 Å². The van der Waals surface area contributed by atoms with Crippen molar-refractivity contribution in [3.8, 4) is 0 Å². The molecular formula is C20H24FNO4. The lowest BCUT2D eigenvalue weighted by Gasteiger charge is -2.22. The van der Waals surface area contributed by atoms with E-state index in [9.17, 15) is 9.18 Å². The highest BCUT2D eigenvalue weighted by Gasteiger charge is 2.14. The lowest BCUT2D eigenvalue weighted by molar-refractivity contribution is -0.146. The van der Waals surface area contributed by atoms with E-state index >= 15 is 0 Å². The van der Waals surface area contributed by atoms with Crippen molar-refractivity contribution in [3.05, 3.63) is 71.5 Å². The summed E-state index contributed by atoms with van der Waals surface area (Å²) in [4.78, 5) is 10.2. The van der Waals surface area contributed by atoms with E-state index < -0.39 is 12.1 Å². The molecule has 1 saturated heterocycles. The Morgan fingerprint density at radius 3 is 2.31 bits per heavy atom. The van der Waals surface area contributed by atoms with Crippen LogP contribution >= 0.6 is 0 Å². The molecule has 1 fully saturated rings. The zero-order valence-corrected chi connectivity index (χ0v) is 14.5. The van der Waals surface area contributed by atoms with E-state index in [0.717, 1.165) is 31.5 Å². The summed E-state index contributed by atoms with van der Waals surface area (Å²) < 4.78 is 18.4. The molecule has 0 radical (unpaired) electrons. The first kappa shape index (κ1) is 20.0. The number of benzene rings is 2. The number of aliphatic hydroxyl groups excluding tert-OH is 1. The van der Waals surface area contributed by atoms with Crippen LogP contribution in [0.4, 0.5) is 4.39 Å². The van der Waals surface area contributed by atoms with E-state index in [-0.39, 0.29) is 5.82 Å². The van der Waals surface area contributed by atoms with Crippen molar-refractivity contribution in [3.63, 3.8) is 0 Å². The van der Waals surface area contributed by atoms with Gasteiger partial charge in [-0.05, 0) is 49.2 Å². The molecule has 3 rings (SSSR count). The maximum Gasteiger partial charge on any atom is 0.337 e. The van der Waals surface area contributed by atoms with E-state index in [0.29, 0.717) is 18.3 Å². The Morgan fingerprint density at radius 1 is 1.12 bits per heavy atom. The third-order valence-electron chi connectivity index (χ3n) is 4.03. The van der Waals surface area contributed by atoms with Gasteiger partial charge in [-0.3, -0.25) is 0 Å². The summed E-state index contributed by atoms with van der Waals surface area (Å²) in [7, 11) is 0. The minimum Gasteiger partial charge on any atom is -0.479 e. The second kappa shape index (κ2) is 10.7. The number of nitrogens with one attached hydrogen (secondary N) is 1. The number of halogens is 1. The summed E-state index contributed by atoms with van der Waals surface area (Å²) in [5.74, 6) is -1.42. The molecule has 1 atom stereocenters. The van der Waals surface area contributed by atoms with Crippen LogP contribution in [0.2, 0.25) is 0 Å². The number of rotatable bonds is 5. The molecule has 26 heavy (non-hydrogen) atoms. The fourth-order valence-corrected chi connectivity index (χ4v) is 2.53. The van der Waals surface area contributed by atoms with Crippen LogP contribution in [-0.4, -0.2) is 35.4 Å². The first-order valence-electron chi connectivity index (χ1n) is 8.59. The third-order valence-corrected chi connectivity index (χ3v) is 4.03. The number of aliphatic carboxylic acids is 1. The highest BCUT2D eigenvalue weighted by atomic mass is 19.1. The highest BCUT2D eigenvalue weighted by molar-refractivity contribution is 5.73. The van der Waals surface area contributed by atoms with Crippen molar-refractivity contribution in [2.24, 2.45) is 0 Å². The molecule has 0 amide bonds. The van der Waals surface area contributed by atoms with Gasteiger partial charge in [-0.15, -0.1) is 0 Å². The van der Waals surface area contributed by atoms with Gasteiger partial charge in [0.1, 0.15) is 5.82 Å². The maximum absolute atomic E-state index is 12.6. The molecule has 0 bridgehead atoms. The van der Waals surface area contributed by atoms with E-state index in [4.69, 9.17) is 14.9 Å². The van der Waals surface area contributed by atoms with Gasteiger partial charge >= 0.3 is 5.97 Å². The van der Waals surface area contributed by atoms with Crippen LogP contribution in [-0.2, 0) is 16.1 Å². The quantitative estimate of drug-likeness (QED) is 0.763. The van der Waals surface area contributed by atoms with Gasteiger partial charge in [0.2, 0.25) is 0 Å². The van der Waals surface area contributed by atoms with Crippen molar-refractivity contribution >= 4 is 5.97 Å². The van der Waals surface area contributed by atoms with Gasteiger partial charge in [0.05, 0.1) is 12.7 Å². The Morgan fingerprint density at radius 2 is 1.73 bits per heavy atom. The Labute approximate surface area is 152 Å². The molecule has 6 heteroatoms. The Kier molecular flexibility index (Phi) is 8.21. The normalized spacial score (nSPS) is 15.6. The van der Waals surface area contributed by atoms with Crippen molar-refractivity contribution in [2.75, 3.05) is 13.1 Å². The largest absolute Gasteiger partial charge is 0.479 e. The predicted molar refractivity (Wildman–Crippen MR) is 96.1 cm³/mol. The van der Waals surface area contributed by atoms with Crippen molar-refractivity contribution in [1.82, 2.24) is 5.32 Å². The molecule has 1 unspecified atom stereocenters. The number of ether oxygens (including phenoxy) is 1. The summed E-state index contributed by atoms with van der Waals surface area (Å²) in [6.07, 6.45) is 1.09. The molecule has 0 spiro atoms. The number of carboxylic acid groups (broad SMARTS) is 1. The standard InChI is InChI=1S/C12H16FNO.C8H8O3/c13-11-3-1-10(2-4-11)9-15-12-5-7-14-8-6-12;9-7(8(10)11)6-4-2-1-3-5-6/h1-4,12,14H,5-9H2;1-5,7,9H,(H,10,11). The summed E-state index contributed by atoms with van der Waals surface area (Å²) in [6.45, 7) is 2.66. The summed E-state index contributed by atoms with van der Waals surface area (Å²) >= 11 is 0. The molecule has 1 aliphatic rings.